The largest absolute Gasteiger partial charge is 0.356 e. The van der Waals surface area contributed by atoms with Crippen molar-refractivity contribution < 1.29 is 4.79 Å². The van der Waals surface area contributed by atoms with Crippen LogP contribution in [0, 0.1) is 0 Å². The number of nitrogens with one attached hydrogen (secondary N) is 1. The summed E-state index contributed by atoms with van der Waals surface area (Å²) in [4.78, 5) is 28.4. The Morgan fingerprint density at radius 1 is 1.56 bits per heavy atom. The third kappa shape index (κ3) is 2.82. The fourth-order valence-electron chi connectivity index (χ4n) is 1.14. The van der Waals surface area contributed by atoms with Crippen molar-refractivity contribution in [2.75, 3.05) is 26.0 Å². The van der Waals surface area contributed by atoms with E-state index in [1.807, 2.05) is 6.92 Å². The van der Waals surface area contributed by atoms with Crippen LogP contribution in [0.3, 0.4) is 0 Å². The average Bonchev–Trinajstić information content (AvgIpc) is 2.27. The standard InChI is InChI=1S/C10H16N4O2/c1-4-14-6-5-11-9(10(14)16)12-7-8(15)13(2)3/h5-6H,4,7H2,1-3H3,(H,11,12). The van der Waals surface area contributed by atoms with Crippen molar-refractivity contribution in [2.24, 2.45) is 0 Å². The highest BCUT2D eigenvalue weighted by molar-refractivity contribution is 5.79. The summed E-state index contributed by atoms with van der Waals surface area (Å²) < 4.78 is 1.52. The van der Waals surface area contributed by atoms with Gasteiger partial charge in [0.05, 0.1) is 6.54 Å². The molecule has 0 unspecified atom stereocenters. The molecule has 0 aromatic carbocycles. The molecule has 0 fully saturated rings. The minimum Gasteiger partial charge on any atom is -0.356 e. The molecule has 0 radical (unpaired) electrons. The molecule has 1 aromatic rings. The number of nitrogens with zero attached hydrogens (tertiary/aromatic N) is 3. The highest BCUT2D eigenvalue weighted by atomic mass is 16.2. The van der Waals surface area contributed by atoms with Crippen LogP contribution in [-0.4, -0.2) is 41.0 Å². The maximum atomic E-state index is 11.7. The lowest BCUT2D eigenvalue weighted by molar-refractivity contribution is -0.126. The van der Waals surface area contributed by atoms with Crippen molar-refractivity contribution in [2.45, 2.75) is 13.5 Å². The van der Waals surface area contributed by atoms with Gasteiger partial charge in [-0.15, -0.1) is 0 Å². The van der Waals surface area contributed by atoms with Gasteiger partial charge in [-0.05, 0) is 6.92 Å². The number of hydrogen-bond acceptors (Lipinski definition) is 4. The molecular formula is C10H16N4O2. The third-order valence-electron chi connectivity index (χ3n) is 2.16. The van der Waals surface area contributed by atoms with E-state index >= 15 is 0 Å². The second-order valence-corrected chi connectivity index (χ2v) is 3.51. The zero-order chi connectivity index (χ0) is 12.1. The molecule has 1 heterocycles. The molecule has 0 aliphatic heterocycles. The van der Waals surface area contributed by atoms with Gasteiger partial charge in [-0.2, -0.15) is 0 Å². The van der Waals surface area contributed by atoms with Crippen molar-refractivity contribution in [3.63, 3.8) is 0 Å². The molecule has 0 spiro atoms. The maximum Gasteiger partial charge on any atom is 0.293 e. The number of carbonyl (C=O) groups is 1. The number of rotatable bonds is 4. The van der Waals surface area contributed by atoms with Crippen molar-refractivity contribution in [3.05, 3.63) is 22.7 Å². The number of hydrogen-bond donors (Lipinski definition) is 1. The van der Waals surface area contributed by atoms with E-state index in [0.29, 0.717) is 6.54 Å². The van der Waals surface area contributed by atoms with E-state index in [9.17, 15) is 9.59 Å². The van der Waals surface area contributed by atoms with Gasteiger partial charge >= 0.3 is 0 Å². The Morgan fingerprint density at radius 2 is 2.25 bits per heavy atom. The number of likely N-dealkylation sites (N-methyl/N-ethyl adjacent to an activating group) is 1. The number of amides is 1. The SMILES string of the molecule is CCn1ccnc(NCC(=O)N(C)C)c1=O. The van der Waals surface area contributed by atoms with Gasteiger partial charge < -0.3 is 14.8 Å². The second kappa shape index (κ2) is 5.29. The van der Waals surface area contributed by atoms with E-state index in [0.717, 1.165) is 0 Å². The predicted octanol–water partition coefficient (Wildman–Crippen LogP) is -0.237. The van der Waals surface area contributed by atoms with Crippen molar-refractivity contribution >= 4 is 11.7 Å². The molecule has 6 nitrogen and oxygen atoms in total. The number of aryl methyl sites for hydroxylation is 1. The summed E-state index contributed by atoms with van der Waals surface area (Å²) in [7, 11) is 3.32. The Hall–Kier alpha value is -1.85. The zero-order valence-corrected chi connectivity index (χ0v) is 9.73. The van der Waals surface area contributed by atoms with Gasteiger partial charge in [0.1, 0.15) is 0 Å². The topological polar surface area (TPSA) is 67.2 Å². The lowest BCUT2D eigenvalue weighted by Gasteiger charge is -2.11. The Bertz CT molecular complexity index is 425. The number of carbonyl (C=O) groups excluding carboxylic acids is 1. The summed E-state index contributed by atoms with van der Waals surface area (Å²) in [5.74, 6) is 0.104. The van der Waals surface area contributed by atoms with Crippen LogP contribution in [0.15, 0.2) is 17.2 Å². The fourth-order valence-corrected chi connectivity index (χ4v) is 1.14. The summed E-state index contributed by atoms with van der Waals surface area (Å²) in [5, 5.41) is 2.73. The van der Waals surface area contributed by atoms with Crippen LogP contribution in [0.2, 0.25) is 0 Å². The summed E-state index contributed by atoms with van der Waals surface area (Å²) in [5.41, 5.74) is -0.212. The normalized spacial score (nSPS) is 9.94. The van der Waals surface area contributed by atoms with Gasteiger partial charge in [-0.1, -0.05) is 0 Å². The summed E-state index contributed by atoms with van der Waals surface area (Å²) >= 11 is 0. The minimum atomic E-state index is -0.212. The molecule has 88 valence electrons. The fraction of sp³-hybridized carbons (Fsp3) is 0.500. The Labute approximate surface area is 93.9 Å². The molecule has 1 amide bonds. The van der Waals surface area contributed by atoms with Gasteiger partial charge in [0.2, 0.25) is 5.91 Å². The van der Waals surface area contributed by atoms with E-state index in [2.05, 4.69) is 10.3 Å². The van der Waals surface area contributed by atoms with E-state index in [1.54, 1.807) is 20.3 Å². The third-order valence-corrected chi connectivity index (χ3v) is 2.16. The zero-order valence-electron chi connectivity index (χ0n) is 9.73. The quantitative estimate of drug-likeness (QED) is 0.766. The number of aromatic nitrogens is 2. The second-order valence-electron chi connectivity index (χ2n) is 3.51. The highest BCUT2D eigenvalue weighted by Crippen LogP contribution is 1.92. The molecule has 1 aromatic heterocycles. The molecule has 0 bridgehead atoms. The first kappa shape index (κ1) is 12.2. The van der Waals surface area contributed by atoms with Crippen LogP contribution in [0.5, 0.6) is 0 Å². The van der Waals surface area contributed by atoms with Crippen molar-refractivity contribution in [1.29, 1.82) is 0 Å². The van der Waals surface area contributed by atoms with Gasteiger partial charge in [0, 0.05) is 33.0 Å². The van der Waals surface area contributed by atoms with E-state index in [-0.39, 0.29) is 23.8 Å². The number of anilines is 1. The predicted molar refractivity (Wildman–Crippen MR) is 61.4 cm³/mol. The average molecular weight is 224 g/mol. The van der Waals surface area contributed by atoms with E-state index in [1.165, 1.54) is 15.7 Å². The van der Waals surface area contributed by atoms with Crippen LogP contribution >= 0.6 is 0 Å². The van der Waals surface area contributed by atoms with Gasteiger partial charge in [0.15, 0.2) is 5.82 Å². The van der Waals surface area contributed by atoms with Crippen molar-refractivity contribution in [3.8, 4) is 0 Å². The first-order valence-corrected chi connectivity index (χ1v) is 5.05. The summed E-state index contributed by atoms with van der Waals surface area (Å²) in [6, 6.07) is 0. The van der Waals surface area contributed by atoms with Gasteiger partial charge in [-0.3, -0.25) is 9.59 Å². The molecule has 0 aliphatic rings. The van der Waals surface area contributed by atoms with Gasteiger partial charge in [-0.25, -0.2) is 4.98 Å². The molecule has 0 saturated heterocycles. The van der Waals surface area contributed by atoms with E-state index < -0.39 is 0 Å². The first-order valence-electron chi connectivity index (χ1n) is 5.05. The first-order chi connectivity index (χ1) is 7.56. The Kier molecular flexibility index (Phi) is 4.04. The molecule has 6 heteroatoms. The molecule has 1 rings (SSSR count). The summed E-state index contributed by atoms with van der Waals surface area (Å²) in [6.07, 6.45) is 3.15. The molecular weight excluding hydrogens is 208 g/mol. The maximum absolute atomic E-state index is 11.7. The van der Waals surface area contributed by atoms with Crippen LogP contribution in [0.25, 0.3) is 0 Å². The van der Waals surface area contributed by atoms with Crippen LogP contribution in [0.1, 0.15) is 6.92 Å². The molecule has 0 atom stereocenters. The monoisotopic (exact) mass is 224 g/mol. The lowest BCUT2D eigenvalue weighted by atomic mass is 10.5. The van der Waals surface area contributed by atoms with Gasteiger partial charge in [0.25, 0.3) is 5.56 Å². The highest BCUT2D eigenvalue weighted by Gasteiger charge is 2.07. The van der Waals surface area contributed by atoms with Crippen LogP contribution < -0.4 is 10.9 Å². The van der Waals surface area contributed by atoms with Crippen LogP contribution in [-0.2, 0) is 11.3 Å². The lowest BCUT2D eigenvalue weighted by Crippen LogP contribution is -2.31. The van der Waals surface area contributed by atoms with E-state index in [4.69, 9.17) is 0 Å². The Morgan fingerprint density at radius 3 is 2.81 bits per heavy atom. The molecule has 1 N–H and O–H groups in total. The summed E-state index contributed by atoms with van der Waals surface area (Å²) in [6.45, 7) is 2.52. The smallest absolute Gasteiger partial charge is 0.293 e. The molecule has 0 saturated carbocycles. The van der Waals surface area contributed by atoms with Crippen molar-refractivity contribution in [1.82, 2.24) is 14.5 Å². The minimum absolute atomic E-state index is 0.0724. The molecule has 16 heavy (non-hydrogen) atoms. The molecule has 0 aliphatic carbocycles. The Balaban J connectivity index is 2.75. The van der Waals surface area contributed by atoms with Crippen LogP contribution in [0.4, 0.5) is 5.82 Å².